The summed E-state index contributed by atoms with van der Waals surface area (Å²) in [6.45, 7) is 3.95. The Balaban J connectivity index is 1.29. The minimum absolute atomic E-state index is 0.0540. The molecule has 0 aliphatic heterocycles. The summed E-state index contributed by atoms with van der Waals surface area (Å²) < 4.78 is 3.45. The van der Waals surface area contributed by atoms with Crippen LogP contribution in [0.1, 0.15) is 67.6 Å². The zero-order valence-electron chi connectivity index (χ0n) is 17.5. The summed E-state index contributed by atoms with van der Waals surface area (Å²) in [7, 11) is 0. The van der Waals surface area contributed by atoms with Gasteiger partial charge in [0, 0.05) is 36.1 Å². The van der Waals surface area contributed by atoms with Gasteiger partial charge in [0.05, 0.1) is 17.4 Å². The van der Waals surface area contributed by atoms with Crippen molar-refractivity contribution in [3.8, 4) is 5.82 Å². The van der Waals surface area contributed by atoms with Crippen LogP contribution in [0.5, 0.6) is 0 Å². The molecule has 0 spiro atoms. The number of hydrogen-bond acceptors (Lipinski definition) is 6. The minimum Gasteiger partial charge on any atom is -0.366 e. The lowest BCUT2D eigenvalue weighted by molar-refractivity contribution is 0.302. The van der Waals surface area contributed by atoms with E-state index >= 15 is 0 Å². The van der Waals surface area contributed by atoms with Crippen LogP contribution in [-0.2, 0) is 0 Å². The van der Waals surface area contributed by atoms with E-state index in [0.717, 1.165) is 48.6 Å². The van der Waals surface area contributed by atoms with E-state index < -0.39 is 0 Å². The highest BCUT2D eigenvalue weighted by Gasteiger charge is 2.30. The quantitative estimate of drug-likeness (QED) is 0.700. The lowest BCUT2D eigenvalue weighted by Crippen LogP contribution is -2.34. The van der Waals surface area contributed by atoms with Crippen molar-refractivity contribution in [3.05, 3.63) is 58.0 Å². The van der Waals surface area contributed by atoms with Gasteiger partial charge < -0.3 is 5.32 Å². The third-order valence-corrected chi connectivity index (χ3v) is 6.11. The SMILES string of the molecule is Cc1cc(C)n(-c2ccc(=O)n(C3CCC(Nc4nccnc4C4CC4)CC3)n2)n1. The third kappa shape index (κ3) is 3.74. The Bertz CT molecular complexity index is 1110. The highest BCUT2D eigenvalue weighted by Crippen LogP contribution is 2.42. The topological polar surface area (TPSA) is 90.5 Å². The Labute approximate surface area is 175 Å². The number of anilines is 1. The van der Waals surface area contributed by atoms with Crippen molar-refractivity contribution in [2.45, 2.75) is 70.4 Å². The Morgan fingerprint density at radius 3 is 2.43 bits per heavy atom. The largest absolute Gasteiger partial charge is 0.366 e. The molecule has 2 saturated carbocycles. The van der Waals surface area contributed by atoms with E-state index in [2.05, 4.69) is 25.5 Å². The van der Waals surface area contributed by atoms with Gasteiger partial charge in [-0.25, -0.2) is 14.3 Å². The maximum Gasteiger partial charge on any atom is 0.267 e. The molecule has 3 heterocycles. The van der Waals surface area contributed by atoms with Crippen LogP contribution >= 0.6 is 0 Å². The zero-order chi connectivity index (χ0) is 20.7. The van der Waals surface area contributed by atoms with Gasteiger partial charge in [-0.15, -0.1) is 5.10 Å². The molecule has 8 nitrogen and oxygen atoms in total. The van der Waals surface area contributed by atoms with Gasteiger partial charge in [-0.3, -0.25) is 9.78 Å². The molecule has 156 valence electrons. The van der Waals surface area contributed by atoms with E-state index in [0.29, 0.717) is 17.8 Å². The lowest BCUT2D eigenvalue weighted by atomic mass is 9.91. The fourth-order valence-electron chi connectivity index (χ4n) is 4.42. The Kier molecular flexibility index (Phi) is 4.84. The lowest BCUT2D eigenvalue weighted by Gasteiger charge is -2.30. The van der Waals surface area contributed by atoms with Gasteiger partial charge in [-0.2, -0.15) is 5.10 Å². The number of hydrogen-bond donors (Lipinski definition) is 1. The molecule has 2 aliphatic carbocycles. The molecule has 0 amide bonds. The average Bonchev–Trinajstić information content (AvgIpc) is 3.53. The van der Waals surface area contributed by atoms with Crippen molar-refractivity contribution >= 4 is 5.82 Å². The molecule has 0 aromatic carbocycles. The first kappa shape index (κ1) is 19.0. The molecule has 0 unspecified atom stereocenters. The first-order chi connectivity index (χ1) is 14.6. The molecule has 8 heteroatoms. The molecule has 2 aliphatic rings. The molecule has 0 bridgehead atoms. The summed E-state index contributed by atoms with van der Waals surface area (Å²) in [5.74, 6) is 2.19. The third-order valence-electron chi connectivity index (χ3n) is 6.11. The molecule has 3 aromatic heterocycles. The summed E-state index contributed by atoms with van der Waals surface area (Å²) in [5.41, 5.74) is 3.00. The Morgan fingerprint density at radius 1 is 0.967 bits per heavy atom. The Hall–Kier alpha value is -3.03. The predicted octanol–water partition coefficient (Wildman–Crippen LogP) is 3.31. The van der Waals surface area contributed by atoms with Crippen molar-refractivity contribution in [1.82, 2.24) is 29.5 Å². The molecule has 0 atom stereocenters. The van der Waals surface area contributed by atoms with E-state index in [1.165, 1.54) is 12.8 Å². The van der Waals surface area contributed by atoms with Crippen LogP contribution in [0.25, 0.3) is 5.82 Å². The maximum atomic E-state index is 12.5. The summed E-state index contributed by atoms with van der Waals surface area (Å²) in [5, 5.41) is 12.8. The second-order valence-corrected chi connectivity index (χ2v) is 8.53. The second-order valence-electron chi connectivity index (χ2n) is 8.53. The standard InChI is InChI=1S/C22H27N7O/c1-14-13-15(2)28(26-14)19-9-10-20(30)29(27-19)18-7-5-17(6-8-18)25-22-21(16-3-4-16)23-11-12-24-22/h9-13,16-18H,3-8H2,1-2H3,(H,24,25). The highest BCUT2D eigenvalue weighted by atomic mass is 16.1. The van der Waals surface area contributed by atoms with Crippen LogP contribution < -0.4 is 10.9 Å². The molecule has 30 heavy (non-hydrogen) atoms. The number of aryl methyl sites for hydroxylation is 2. The van der Waals surface area contributed by atoms with Gasteiger partial charge in [-0.1, -0.05) is 0 Å². The predicted molar refractivity (Wildman–Crippen MR) is 114 cm³/mol. The van der Waals surface area contributed by atoms with Crippen molar-refractivity contribution in [2.75, 3.05) is 5.32 Å². The first-order valence-corrected chi connectivity index (χ1v) is 10.8. The second kappa shape index (κ2) is 7.66. The van der Waals surface area contributed by atoms with Crippen molar-refractivity contribution in [3.63, 3.8) is 0 Å². The monoisotopic (exact) mass is 405 g/mol. The molecule has 5 rings (SSSR count). The number of rotatable bonds is 5. The summed E-state index contributed by atoms with van der Waals surface area (Å²) in [6.07, 6.45) is 9.72. The fraction of sp³-hybridized carbons (Fsp3) is 0.500. The molecule has 1 N–H and O–H groups in total. The molecule has 2 fully saturated rings. The van der Waals surface area contributed by atoms with Crippen LogP contribution in [0.4, 0.5) is 5.82 Å². The average molecular weight is 406 g/mol. The van der Waals surface area contributed by atoms with Crippen molar-refractivity contribution in [1.29, 1.82) is 0 Å². The summed E-state index contributed by atoms with van der Waals surface area (Å²) in [6, 6.07) is 5.82. The molecule has 0 radical (unpaired) electrons. The summed E-state index contributed by atoms with van der Waals surface area (Å²) in [4.78, 5) is 21.6. The van der Waals surface area contributed by atoms with Crippen LogP contribution in [0.2, 0.25) is 0 Å². The molecule has 0 saturated heterocycles. The molecular weight excluding hydrogens is 378 g/mol. The Morgan fingerprint density at radius 2 is 1.73 bits per heavy atom. The van der Waals surface area contributed by atoms with E-state index in [1.54, 1.807) is 33.9 Å². The first-order valence-electron chi connectivity index (χ1n) is 10.8. The van der Waals surface area contributed by atoms with Gasteiger partial charge in [0.2, 0.25) is 0 Å². The fourth-order valence-corrected chi connectivity index (χ4v) is 4.42. The molecule has 3 aromatic rings. The van der Waals surface area contributed by atoms with Crippen LogP contribution in [0.3, 0.4) is 0 Å². The van der Waals surface area contributed by atoms with E-state index in [-0.39, 0.29) is 11.6 Å². The number of nitrogens with one attached hydrogen (secondary N) is 1. The van der Waals surface area contributed by atoms with Gasteiger partial charge >= 0.3 is 0 Å². The number of nitrogens with zero attached hydrogens (tertiary/aromatic N) is 6. The van der Waals surface area contributed by atoms with E-state index in [1.807, 2.05) is 19.9 Å². The van der Waals surface area contributed by atoms with E-state index in [9.17, 15) is 4.79 Å². The summed E-state index contributed by atoms with van der Waals surface area (Å²) >= 11 is 0. The van der Waals surface area contributed by atoms with Crippen LogP contribution in [0.15, 0.2) is 35.4 Å². The van der Waals surface area contributed by atoms with Gasteiger partial charge in [0.1, 0.15) is 5.82 Å². The van der Waals surface area contributed by atoms with E-state index in [4.69, 9.17) is 0 Å². The highest BCUT2D eigenvalue weighted by molar-refractivity contribution is 5.44. The van der Waals surface area contributed by atoms with Gasteiger partial charge in [-0.05, 0) is 64.5 Å². The van der Waals surface area contributed by atoms with Gasteiger partial charge in [0.15, 0.2) is 5.82 Å². The normalized spacial score (nSPS) is 21.5. The smallest absolute Gasteiger partial charge is 0.267 e. The maximum absolute atomic E-state index is 12.5. The number of aromatic nitrogens is 6. The minimum atomic E-state index is -0.0540. The molecular formula is C22H27N7O. The van der Waals surface area contributed by atoms with Crippen molar-refractivity contribution in [2.24, 2.45) is 0 Å². The van der Waals surface area contributed by atoms with Crippen LogP contribution in [0, 0.1) is 13.8 Å². The zero-order valence-corrected chi connectivity index (χ0v) is 17.5. The van der Waals surface area contributed by atoms with Crippen molar-refractivity contribution < 1.29 is 0 Å². The van der Waals surface area contributed by atoms with Gasteiger partial charge in [0.25, 0.3) is 5.56 Å². The van der Waals surface area contributed by atoms with Crippen LogP contribution in [-0.4, -0.2) is 35.6 Å².